The molecule has 1 heterocycles. The largest absolute Gasteiger partial charge is 0.444 e. The predicted octanol–water partition coefficient (Wildman–Crippen LogP) is 4.33. The van der Waals surface area contributed by atoms with Crippen LogP contribution in [0.3, 0.4) is 0 Å². The summed E-state index contributed by atoms with van der Waals surface area (Å²) in [6.45, 7) is 7.87. The van der Waals surface area contributed by atoms with Crippen molar-refractivity contribution in [3.8, 4) is 0 Å². The van der Waals surface area contributed by atoms with E-state index in [2.05, 4.69) is 10.3 Å². The van der Waals surface area contributed by atoms with Gasteiger partial charge in [-0.05, 0) is 46.2 Å². The van der Waals surface area contributed by atoms with Gasteiger partial charge in [-0.3, -0.25) is 9.36 Å². The molecule has 1 amide bonds. The summed E-state index contributed by atoms with van der Waals surface area (Å²) < 4.78 is 11.9. The first-order chi connectivity index (χ1) is 13.0. The molecule has 0 fully saturated rings. The normalized spacial score (nSPS) is 12.8. The molecule has 1 atom stereocenters. The number of halogens is 2. The van der Waals surface area contributed by atoms with Crippen molar-refractivity contribution in [1.29, 1.82) is 0 Å². The van der Waals surface area contributed by atoms with E-state index in [0.29, 0.717) is 35.9 Å². The molecule has 0 aliphatic heterocycles. The van der Waals surface area contributed by atoms with Crippen LogP contribution >= 0.6 is 23.2 Å². The average molecular weight is 430 g/mol. The summed E-state index contributed by atoms with van der Waals surface area (Å²) in [6.07, 6.45) is -0.0107. The molecule has 2 aromatic rings. The molecule has 28 heavy (non-hydrogen) atoms. The fraction of sp³-hybridized carbons (Fsp3) is 0.526. The number of fused-ring (bicyclic) bond motifs is 1. The fourth-order valence-electron chi connectivity index (χ4n) is 2.73. The van der Waals surface area contributed by atoms with Gasteiger partial charge in [-0.1, -0.05) is 23.2 Å². The fourth-order valence-corrected chi connectivity index (χ4v) is 3.16. The second-order valence-corrected chi connectivity index (χ2v) is 8.21. The lowest BCUT2D eigenvalue weighted by Gasteiger charge is -2.23. The number of amides is 1. The summed E-state index contributed by atoms with van der Waals surface area (Å²) in [5.41, 5.74) is -0.660. The maximum Gasteiger partial charge on any atom is 0.408 e. The number of alkyl carbamates (subject to hydrolysis) is 1. The molecule has 1 N–H and O–H groups in total. The predicted molar refractivity (Wildman–Crippen MR) is 110 cm³/mol. The number of hydrogen-bond donors (Lipinski definition) is 1. The van der Waals surface area contributed by atoms with Crippen LogP contribution in [0.15, 0.2) is 16.9 Å². The molecule has 0 saturated carbocycles. The van der Waals surface area contributed by atoms with Gasteiger partial charge >= 0.3 is 6.09 Å². The van der Waals surface area contributed by atoms with E-state index in [1.54, 1.807) is 46.9 Å². The van der Waals surface area contributed by atoms with Gasteiger partial charge in [-0.25, -0.2) is 9.78 Å². The van der Waals surface area contributed by atoms with Crippen LogP contribution in [0.25, 0.3) is 10.9 Å². The zero-order valence-corrected chi connectivity index (χ0v) is 18.1. The summed E-state index contributed by atoms with van der Waals surface area (Å²) in [6, 6.07) is 2.56. The van der Waals surface area contributed by atoms with Crippen LogP contribution < -0.4 is 10.9 Å². The van der Waals surface area contributed by atoms with E-state index in [1.165, 1.54) is 4.57 Å². The molecule has 0 spiro atoms. The monoisotopic (exact) mass is 429 g/mol. The highest BCUT2D eigenvalue weighted by atomic mass is 35.5. The SMILES string of the molecule is COCCCn1c([C@H](C)NC(=O)OC(C)(C)C)nc2c(Cl)ccc(Cl)c2c1=O. The number of hydrogen-bond acceptors (Lipinski definition) is 5. The van der Waals surface area contributed by atoms with Crippen LogP contribution in [0.5, 0.6) is 0 Å². The van der Waals surface area contributed by atoms with Crippen LogP contribution in [0.2, 0.25) is 10.0 Å². The Labute approximate surface area is 173 Å². The summed E-state index contributed by atoms with van der Waals surface area (Å²) >= 11 is 12.5. The molecule has 0 radical (unpaired) electrons. The van der Waals surface area contributed by atoms with Crippen molar-refractivity contribution in [3.05, 3.63) is 38.4 Å². The highest BCUT2D eigenvalue weighted by Crippen LogP contribution is 2.27. The van der Waals surface area contributed by atoms with Gasteiger partial charge in [0.1, 0.15) is 11.4 Å². The Kier molecular flexibility index (Phi) is 7.31. The number of rotatable bonds is 6. The van der Waals surface area contributed by atoms with Crippen molar-refractivity contribution in [2.75, 3.05) is 13.7 Å². The van der Waals surface area contributed by atoms with Crippen molar-refractivity contribution in [2.24, 2.45) is 0 Å². The molecule has 7 nitrogen and oxygen atoms in total. The Bertz CT molecular complexity index is 922. The van der Waals surface area contributed by atoms with E-state index in [4.69, 9.17) is 32.7 Å². The molecular weight excluding hydrogens is 405 g/mol. The smallest absolute Gasteiger partial charge is 0.408 e. The Balaban J connectivity index is 2.52. The first-order valence-corrected chi connectivity index (χ1v) is 9.67. The topological polar surface area (TPSA) is 82.4 Å². The third kappa shape index (κ3) is 5.37. The molecular formula is C19H25Cl2N3O4. The van der Waals surface area contributed by atoms with Gasteiger partial charge in [0.15, 0.2) is 0 Å². The Hall–Kier alpha value is -1.83. The van der Waals surface area contributed by atoms with E-state index in [9.17, 15) is 9.59 Å². The van der Waals surface area contributed by atoms with E-state index >= 15 is 0 Å². The van der Waals surface area contributed by atoms with Gasteiger partial charge in [0.25, 0.3) is 5.56 Å². The van der Waals surface area contributed by atoms with Crippen molar-refractivity contribution in [1.82, 2.24) is 14.9 Å². The van der Waals surface area contributed by atoms with Crippen molar-refractivity contribution in [2.45, 2.75) is 52.3 Å². The number of aromatic nitrogens is 2. The number of methoxy groups -OCH3 is 1. The zero-order chi connectivity index (χ0) is 21.1. The van der Waals surface area contributed by atoms with Gasteiger partial charge in [-0.2, -0.15) is 0 Å². The second kappa shape index (κ2) is 9.11. The zero-order valence-electron chi connectivity index (χ0n) is 16.6. The third-order valence-corrected chi connectivity index (χ3v) is 4.51. The summed E-state index contributed by atoms with van der Waals surface area (Å²) in [7, 11) is 1.59. The summed E-state index contributed by atoms with van der Waals surface area (Å²) in [5, 5.41) is 3.55. The highest BCUT2D eigenvalue weighted by Gasteiger charge is 2.23. The molecule has 2 rings (SSSR count). The number of carbonyl (C=O) groups is 1. The highest BCUT2D eigenvalue weighted by molar-refractivity contribution is 6.39. The minimum absolute atomic E-state index is 0.250. The summed E-state index contributed by atoms with van der Waals surface area (Å²) in [5.74, 6) is 0.364. The standard InChI is InChI=1S/C19H25Cl2N3O4/c1-11(22-18(26)28-19(2,3)4)16-23-15-13(21)8-7-12(20)14(15)17(25)24(16)9-6-10-27-5/h7-8,11H,6,9-10H2,1-5H3,(H,22,26)/t11-/m0/s1. The van der Waals surface area contributed by atoms with E-state index in [0.717, 1.165) is 0 Å². The molecule has 0 saturated heterocycles. The Morgan fingerprint density at radius 3 is 2.54 bits per heavy atom. The first-order valence-electron chi connectivity index (χ1n) is 8.92. The maximum absolute atomic E-state index is 13.1. The minimum atomic E-state index is -0.643. The van der Waals surface area contributed by atoms with Crippen LogP contribution in [0.1, 0.15) is 46.0 Å². The molecule has 0 aliphatic carbocycles. The molecule has 1 aromatic heterocycles. The van der Waals surface area contributed by atoms with Gasteiger partial charge in [0.2, 0.25) is 0 Å². The van der Waals surface area contributed by atoms with Gasteiger partial charge < -0.3 is 14.8 Å². The molecule has 9 heteroatoms. The molecule has 0 unspecified atom stereocenters. The lowest BCUT2D eigenvalue weighted by Crippen LogP contribution is -2.37. The average Bonchev–Trinajstić information content (AvgIpc) is 2.57. The number of ether oxygens (including phenoxy) is 2. The molecule has 0 bridgehead atoms. The first kappa shape index (κ1) is 22.5. The second-order valence-electron chi connectivity index (χ2n) is 7.39. The number of nitrogens with zero attached hydrogens (tertiary/aromatic N) is 2. The Morgan fingerprint density at radius 1 is 1.29 bits per heavy atom. The van der Waals surface area contributed by atoms with Crippen LogP contribution in [0.4, 0.5) is 4.79 Å². The quantitative estimate of drug-likeness (QED) is 0.690. The molecule has 154 valence electrons. The lowest BCUT2D eigenvalue weighted by atomic mass is 10.2. The maximum atomic E-state index is 13.1. The number of benzene rings is 1. The van der Waals surface area contributed by atoms with Crippen molar-refractivity contribution >= 4 is 40.2 Å². The van der Waals surface area contributed by atoms with Gasteiger partial charge in [0, 0.05) is 20.3 Å². The van der Waals surface area contributed by atoms with Crippen molar-refractivity contribution < 1.29 is 14.3 Å². The van der Waals surface area contributed by atoms with Crippen LogP contribution in [-0.2, 0) is 16.0 Å². The number of carbonyl (C=O) groups excluding carboxylic acids is 1. The van der Waals surface area contributed by atoms with E-state index in [1.807, 2.05) is 0 Å². The van der Waals surface area contributed by atoms with E-state index < -0.39 is 17.7 Å². The van der Waals surface area contributed by atoms with Gasteiger partial charge in [0.05, 0.1) is 27.0 Å². The summed E-state index contributed by atoms with van der Waals surface area (Å²) in [4.78, 5) is 29.9. The minimum Gasteiger partial charge on any atom is -0.444 e. The third-order valence-electron chi connectivity index (χ3n) is 3.89. The van der Waals surface area contributed by atoms with Gasteiger partial charge in [-0.15, -0.1) is 0 Å². The molecule has 1 aromatic carbocycles. The Morgan fingerprint density at radius 2 is 1.93 bits per heavy atom. The lowest BCUT2D eigenvalue weighted by molar-refractivity contribution is 0.0504. The number of nitrogens with one attached hydrogen (secondary N) is 1. The van der Waals surface area contributed by atoms with E-state index in [-0.39, 0.29) is 16.0 Å². The molecule has 0 aliphatic rings. The van der Waals surface area contributed by atoms with Crippen LogP contribution in [-0.4, -0.2) is 35.0 Å². The van der Waals surface area contributed by atoms with Crippen LogP contribution in [0, 0.1) is 0 Å². The van der Waals surface area contributed by atoms with Crippen molar-refractivity contribution in [3.63, 3.8) is 0 Å².